The van der Waals surface area contributed by atoms with Gasteiger partial charge in [-0.3, -0.25) is 4.79 Å². The summed E-state index contributed by atoms with van der Waals surface area (Å²) in [5.74, 6) is -0.115. The first-order valence-electron chi connectivity index (χ1n) is 9.05. The van der Waals surface area contributed by atoms with Crippen LogP contribution in [0.4, 0.5) is 10.1 Å². The van der Waals surface area contributed by atoms with Gasteiger partial charge in [0.2, 0.25) is 0 Å². The standard InChI is InChI=1S/C21H19FN2O4/c22-16-6-2-3-7-17(16)23-9-11-24(12-10-23)20(25)14-27-19-13-21(26)28-18-8-4-1-5-15(18)19/h1-8,13H,9-12,14H2. The minimum Gasteiger partial charge on any atom is -0.483 e. The minimum atomic E-state index is -0.528. The molecule has 3 aromatic rings. The predicted octanol–water partition coefficient (Wildman–Crippen LogP) is 2.66. The molecular formula is C21H19FN2O4. The van der Waals surface area contributed by atoms with Crippen molar-refractivity contribution < 1.29 is 18.3 Å². The molecule has 2 aromatic carbocycles. The number of hydrogen-bond donors (Lipinski definition) is 0. The highest BCUT2D eigenvalue weighted by molar-refractivity contribution is 5.84. The number of anilines is 1. The van der Waals surface area contributed by atoms with Gasteiger partial charge in [0, 0.05) is 26.2 Å². The van der Waals surface area contributed by atoms with Gasteiger partial charge in [0.05, 0.1) is 17.1 Å². The maximum atomic E-state index is 13.9. The molecule has 0 unspecified atom stereocenters. The third kappa shape index (κ3) is 3.69. The SMILES string of the molecule is O=C(COc1cc(=O)oc2ccccc12)N1CCN(c2ccccc2F)CC1. The van der Waals surface area contributed by atoms with Crippen LogP contribution in [0.1, 0.15) is 0 Å². The molecule has 2 heterocycles. The van der Waals surface area contributed by atoms with Crippen molar-refractivity contribution in [1.82, 2.24) is 4.90 Å². The second-order valence-corrected chi connectivity index (χ2v) is 6.53. The maximum absolute atomic E-state index is 13.9. The summed E-state index contributed by atoms with van der Waals surface area (Å²) in [7, 11) is 0. The minimum absolute atomic E-state index is 0.173. The van der Waals surface area contributed by atoms with E-state index in [4.69, 9.17) is 9.15 Å². The van der Waals surface area contributed by atoms with E-state index in [1.807, 2.05) is 4.90 Å². The third-order valence-corrected chi connectivity index (χ3v) is 4.79. The Hall–Kier alpha value is -3.35. The molecular weight excluding hydrogens is 363 g/mol. The van der Waals surface area contributed by atoms with Crippen molar-refractivity contribution >= 4 is 22.6 Å². The molecule has 1 aromatic heterocycles. The van der Waals surface area contributed by atoms with Crippen LogP contribution < -0.4 is 15.3 Å². The normalized spacial score (nSPS) is 14.3. The molecule has 1 amide bonds. The Bertz CT molecular complexity index is 1060. The van der Waals surface area contributed by atoms with Crippen LogP contribution >= 0.6 is 0 Å². The molecule has 0 spiro atoms. The summed E-state index contributed by atoms with van der Waals surface area (Å²) in [6.45, 7) is 1.88. The number of nitrogens with zero attached hydrogens (tertiary/aromatic N) is 2. The number of amides is 1. The van der Waals surface area contributed by atoms with Gasteiger partial charge in [0.1, 0.15) is 17.1 Å². The van der Waals surface area contributed by atoms with Crippen LogP contribution in [0.15, 0.2) is 63.8 Å². The van der Waals surface area contributed by atoms with Gasteiger partial charge in [0.15, 0.2) is 6.61 Å². The number of rotatable bonds is 4. The van der Waals surface area contributed by atoms with Gasteiger partial charge in [-0.15, -0.1) is 0 Å². The van der Waals surface area contributed by atoms with Crippen molar-refractivity contribution in [2.75, 3.05) is 37.7 Å². The molecule has 0 N–H and O–H groups in total. The van der Waals surface area contributed by atoms with Gasteiger partial charge in [-0.05, 0) is 24.3 Å². The summed E-state index contributed by atoms with van der Waals surface area (Å²) < 4.78 is 24.7. The Morgan fingerprint density at radius 2 is 1.75 bits per heavy atom. The molecule has 28 heavy (non-hydrogen) atoms. The Labute approximate surface area is 160 Å². The highest BCUT2D eigenvalue weighted by atomic mass is 19.1. The summed E-state index contributed by atoms with van der Waals surface area (Å²) in [6.07, 6.45) is 0. The van der Waals surface area contributed by atoms with Crippen molar-refractivity contribution in [1.29, 1.82) is 0 Å². The van der Waals surface area contributed by atoms with E-state index in [2.05, 4.69) is 0 Å². The number of hydrogen-bond acceptors (Lipinski definition) is 5. The van der Waals surface area contributed by atoms with Crippen molar-refractivity contribution in [2.24, 2.45) is 0 Å². The van der Waals surface area contributed by atoms with Crippen LogP contribution in [-0.4, -0.2) is 43.6 Å². The second kappa shape index (κ2) is 7.72. The number of carbonyl (C=O) groups excluding carboxylic acids is 1. The van der Waals surface area contributed by atoms with E-state index in [0.29, 0.717) is 48.6 Å². The first-order chi connectivity index (χ1) is 13.6. The molecule has 144 valence electrons. The molecule has 0 aliphatic carbocycles. The highest BCUT2D eigenvalue weighted by Gasteiger charge is 2.23. The maximum Gasteiger partial charge on any atom is 0.339 e. The molecule has 0 radical (unpaired) electrons. The van der Waals surface area contributed by atoms with Gasteiger partial charge < -0.3 is 19.0 Å². The molecule has 4 rings (SSSR count). The monoisotopic (exact) mass is 382 g/mol. The first kappa shape index (κ1) is 18.0. The van der Waals surface area contributed by atoms with Crippen molar-refractivity contribution in [3.8, 4) is 5.75 Å². The van der Waals surface area contributed by atoms with E-state index >= 15 is 0 Å². The number of para-hydroxylation sites is 2. The van der Waals surface area contributed by atoms with E-state index in [-0.39, 0.29) is 18.3 Å². The van der Waals surface area contributed by atoms with Crippen LogP contribution in [0.3, 0.4) is 0 Å². The molecule has 7 heteroatoms. The van der Waals surface area contributed by atoms with Crippen LogP contribution in [0.5, 0.6) is 5.75 Å². The summed E-state index contributed by atoms with van der Waals surface area (Å²) in [5.41, 5.74) is 0.434. The van der Waals surface area contributed by atoms with Crippen LogP contribution in [-0.2, 0) is 4.79 Å². The molecule has 1 aliphatic rings. The number of carbonyl (C=O) groups is 1. The second-order valence-electron chi connectivity index (χ2n) is 6.53. The molecule has 6 nitrogen and oxygen atoms in total. The van der Waals surface area contributed by atoms with Gasteiger partial charge >= 0.3 is 5.63 Å². The highest BCUT2D eigenvalue weighted by Crippen LogP contribution is 2.23. The molecule has 0 saturated carbocycles. The zero-order valence-corrected chi connectivity index (χ0v) is 15.1. The topological polar surface area (TPSA) is 63.0 Å². The van der Waals surface area contributed by atoms with Crippen molar-refractivity contribution in [2.45, 2.75) is 0 Å². The number of fused-ring (bicyclic) bond motifs is 1. The fraction of sp³-hybridized carbons (Fsp3) is 0.238. The predicted molar refractivity (Wildman–Crippen MR) is 103 cm³/mol. The fourth-order valence-electron chi connectivity index (χ4n) is 3.34. The largest absolute Gasteiger partial charge is 0.483 e. The van der Waals surface area contributed by atoms with E-state index in [0.717, 1.165) is 0 Å². The molecule has 1 aliphatic heterocycles. The Balaban J connectivity index is 1.38. The fourth-order valence-corrected chi connectivity index (χ4v) is 3.34. The van der Waals surface area contributed by atoms with Gasteiger partial charge in [-0.1, -0.05) is 24.3 Å². The zero-order valence-electron chi connectivity index (χ0n) is 15.1. The third-order valence-electron chi connectivity index (χ3n) is 4.79. The van der Waals surface area contributed by atoms with E-state index < -0.39 is 5.63 Å². The van der Waals surface area contributed by atoms with Crippen LogP contribution in [0, 0.1) is 5.82 Å². The molecule has 0 atom stereocenters. The number of piperazine rings is 1. The smallest absolute Gasteiger partial charge is 0.339 e. The van der Waals surface area contributed by atoms with Crippen LogP contribution in [0.2, 0.25) is 0 Å². The van der Waals surface area contributed by atoms with Gasteiger partial charge in [-0.2, -0.15) is 0 Å². The average Bonchev–Trinajstić information content (AvgIpc) is 2.72. The summed E-state index contributed by atoms with van der Waals surface area (Å²) in [6, 6.07) is 14.9. The van der Waals surface area contributed by atoms with Crippen LogP contribution in [0.25, 0.3) is 11.0 Å². The summed E-state index contributed by atoms with van der Waals surface area (Å²) >= 11 is 0. The lowest BCUT2D eigenvalue weighted by atomic mass is 10.2. The van der Waals surface area contributed by atoms with Crippen molar-refractivity contribution in [3.63, 3.8) is 0 Å². The quantitative estimate of drug-likeness (QED) is 0.649. The molecule has 0 bridgehead atoms. The Kier molecular flexibility index (Phi) is 4.97. The molecule has 1 fully saturated rings. The van der Waals surface area contributed by atoms with E-state index in [1.165, 1.54) is 12.1 Å². The number of ether oxygens (including phenoxy) is 1. The lowest BCUT2D eigenvalue weighted by Crippen LogP contribution is -2.50. The Morgan fingerprint density at radius 3 is 2.54 bits per heavy atom. The zero-order chi connectivity index (χ0) is 19.5. The van der Waals surface area contributed by atoms with E-state index in [1.54, 1.807) is 47.4 Å². The van der Waals surface area contributed by atoms with Gasteiger partial charge in [0.25, 0.3) is 5.91 Å². The average molecular weight is 382 g/mol. The molecule has 1 saturated heterocycles. The Morgan fingerprint density at radius 1 is 1.04 bits per heavy atom. The number of benzene rings is 2. The summed E-state index contributed by atoms with van der Waals surface area (Å²) in [5, 5.41) is 0.638. The summed E-state index contributed by atoms with van der Waals surface area (Å²) in [4.78, 5) is 27.8. The lowest BCUT2D eigenvalue weighted by molar-refractivity contribution is -0.133. The van der Waals surface area contributed by atoms with Crippen molar-refractivity contribution in [3.05, 3.63) is 70.8 Å². The number of halogens is 1. The van der Waals surface area contributed by atoms with E-state index in [9.17, 15) is 14.0 Å². The first-order valence-corrected chi connectivity index (χ1v) is 9.05. The van der Waals surface area contributed by atoms with Gasteiger partial charge in [-0.25, -0.2) is 9.18 Å². The lowest BCUT2D eigenvalue weighted by Gasteiger charge is -2.36.